The molecule has 21 heavy (non-hydrogen) atoms. The van der Waals surface area contributed by atoms with Crippen LogP contribution < -0.4 is 11.1 Å². The van der Waals surface area contributed by atoms with Crippen molar-refractivity contribution in [1.29, 1.82) is 0 Å². The van der Waals surface area contributed by atoms with Crippen molar-refractivity contribution in [3.05, 3.63) is 29.8 Å². The quantitative estimate of drug-likeness (QED) is 0.394. The zero-order chi connectivity index (χ0) is 15.5. The fourth-order valence-corrected chi connectivity index (χ4v) is 2.13. The van der Waals surface area contributed by atoms with E-state index in [9.17, 15) is 4.79 Å². The number of carbonyl (C=O) groups excluding carboxylic acids is 1. The number of nitrogen functional groups attached to an aromatic ring is 1. The van der Waals surface area contributed by atoms with Gasteiger partial charge in [0.2, 0.25) is 0 Å². The number of nitrogens with one attached hydrogen (secondary N) is 1. The molecule has 0 heterocycles. The summed E-state index contributed by atoms with van der Waals surface area (Å²) in [5.41, 5.74) is 6.76. The third kappa shape index (κ3) is 7.71. The molecule has 1 atom stereocenters. The molecule has 0 radical (unpaired) electrons. The second-order valence-corrected chi connectivity index (χ2v) is 5.46. The van der Waals surface area contributed by atoms with E-state index in [1.807, 2.05) is 0 Å². The van der Waals surface area contributed by atoms with Gasteiger partial charge in [-0.25, -0.2) is 4.79 Å². The number of ether oxygens (including phenoxy) is 1. The summed E-state index contributed by atoms with van der Waals surface area (Å²) in [6, 6.07) is 7.24. The minimum absolute atomic E-state index is 0.299. The lowest BCUT2D eigenvalue weighted by molar-refractivity contribution is 0.0506. The van der Waals surface area contributed by atoms with E-state index in [0.717, 1.165) is 0 Å². The van der Waals surface area contributed by atoms with Gasteiger partial charge in [0, 0.05) is 18.3 Å². The van der Waals surface area contributed by atoms with E-state index in [1.54, 1.807) is 24.3 Å². The molecular weight excluding hydrogens is 264 g/mol. The minimum Gasteiger partial charge on any atom is -0.461 e. The van der Waals surface area contributed by atoms with Crippen LogP contribution in [0.2, 0.25) is 0 Å². The molecule has 0 amide bonds. The van der Waals surface area contributed by atoms with Gasteiger partial charge in [0.25, 0.3) is 0 Å². The van der Waals surface area contributed by atoms with Crippen molar-refractivity contribution >= 4 is 11.7 Å². The number of esters is 1. The second kappa shape index (κ2) is 10.2. The van der Waals surface area contributed by atoms with E-state index in [-0.39, 0.29) is 5.97 Å². The van der Waals surface area contributed by atoms with Crippen molar-refractivity contribution < 1.29 is 9.53 Å². The van der Waals surface area contributed by atoms with Crippen LogP contribution in [-0.2, 0) is 4.74 Å². The highest BCUT2D eigenvalue weighted by Gasteiger charge is 2.06. The average molecular weight is 292 g/mol. The molecule has 1 rings (SSSR count). The Labute approximate surface area is 128 Å². The molecule has 0 bridgehead atoms. The number of unbranched alkanes of at least 4 members (excludes halogenated alkanes) is 3. The van der Waals surface area contributed by atoms with Gasteiger partial charge in [-0.1, -0.05) is 32.6 Å². The molecule has 0 aliphatic rings. The van der Waals surface area contributed by atoms with Crippen molar-refractivity contribution in [1.82, 2.24) is 5.32 Å². The first-order valence-corrected chi connectivity index (χ1v) is 7.89. The zero-order valence-corrected chi connectivity index (χ0v) is 13.2. The summed E-state index contributed by atoms with van der Waals surface area (Å²) in [5, 5.41) is 3.38. The first-order chi connectivity index (χ1) is 10.1. The van der Waals surface area contributed by atoms with Crippen LogP contribution in [0.25, 0.3) is 0 Å². The third-order valence-electron chi connectivity index (χ3n) is 3.47. The summed E-state index contributed by atoms with van der Waals surface area (Å²) in [4.78, 5) is 11.8. The van der Waals surface area contributed by atoms with Gasteiger partial charge in [-0.15, -0.1) is 0 Å². The first kappa shape index (κ1) is 17.5. The number of anilines is 1. The number of rotatable bonds is 10. The van der Waals surface area contributed by atoms with Crippen molar-refractivity contribution in [2.45, 2.75) is 52.0 Å². The maximum absolute atomic E-state index is 11.8. The van der Waals surface area contributed by atoms with E-state index < -0.39 is 0 Å². The average Bonchev–Trinajstić information content (AvgIpc) is 2.48. The molecule has 0 spiro atoms. The Morgan fingerprint density at radius 3 is 2.62 bits per heavy atom. The molecule has 1 aromatic carbocycles. The summed E-state index contributed by atoms with van der Waals surface area (Å²) in [6.07, 6.45) is 6.31. The molecule has 0 aromatic heterocycles. The van der Waals surface area contributed by atoms with Gasteiger partial charge in [0.05, 0.1) is 5.56 Å². The van der Waals surface area contributed by atoms with E-state index in [0.29, 0.717) is 30.4 Å². The van der Waals surface area contributed by atoms with Gasteiger partial charge in [-0.3, -0.25) is 0 Å². The van der Waals surface area contributed by atoms with Gasteiger partial charge < -0.3 is 15.8 Å². The maximum Gasteiger partial charge on any atom is 0.338 e. The predicted molar refractivity (Wildman–Crippen MR) is 87.4 cm³/mol. The van der Waals surface area contributed by atoms with Gasteiger partial charge in [0.1, 0.15) is 6.61 Å². The van der Waals surface area contributed by atoms with Gasteiger partial charge in [-0.2, -0.15) is 0 Å². The molecule has 0 unspecified atom stereocenters. The highest BCUT2D eigenvalue weighted by Crippen LogP contribution is 2.07. The normalized spacial score (nSPS) is 12.1. The Hall–Kier alpha value is -1.55. The first-order valence-electron chi connectivity index (χ1n) is 7.89. The van der Waals surface area contributed by atoms with Crippen LogP contribution in [0.3, 0.4) is 0 Å². The largest absolute Gasteiger partial charge is 0.461 e. The highest BCUT2D eigenvalue weighted by molar-refractivity contribution is 5.89. The number of carbonyl (C=O) groups is 1. The molecule has 0 aliphatic heterocycles. The molecule has 118 valence electrons. The Balaban J connectivity index is 2.10. The van der Waals surface area contributed by atoms with E-state index in [1.165, 1.54) is 32.1 Å². The molecule has 0 fully saturated rings. The monoisotopic (exact) mass is 292 g/mol. The standard InChI is InChI=1S/C17H28N2O2/c1-3-4-5-6-7-14(2)19-12-13-21-17(20)15-8-10-16(18)11-9-15/h8-11,14,19H,3-7,12-13,18H2,1-2H3/t14-/m1/s1. The lowest BCUT2D eigenvalue weighted by Gasteiger charge is -2.13. The van der Waals surface area contributed by atoms with Crippen molar-refractivity contribution in [2.75, 3.05) is 18.9 Å². The minimum atomic E-state index is -0.299. The molecule has 0 saturated carbocycles. The Kier molecular flexibility index (Phi) is 8.51. The van der Waals surface area contributed by atoms with Crippen LogP contribution in [0.15, 0.2) is 24.3 Å². The summed E-state index contributed by atoms with van der Waals surface area (Å²) >= 11 is 0. The van der Waals surface area contributed by atoms with Gasteiger partial charge >= 0.3 is 5.97 Å². The molecule has 0 saturated heterocycles. The lowest BCUT2D eigenvalue weighted by atomic mass is 10.1. The van der Waals surface area contributed by atoms with Crippen LogP contribution in [0, 0.1) is 0 Å². The second-order valence-electron chi connectivity index (χ2n) is 5.46. The summed E-state index contributed by atoms with van der Waals surface area (Å²) in [5.74, 6) is -0.299. The van der Waals surface area contributed by atoms with E-state index >= 15 is 0 Å². The molecule has 1 aromatic rings. The molecule has 4 nitrogen and oxygen atoms in total. The van der Waals surface area contributed by atoms with Crippen LogP contribution in [0.1, 0.15) is 56.3 Å². The van der Waals surface area contributed by atoms with Crippen LogP contribution in [0.4, 0.5) is 5.69 Å². The van der Waals surface area contributed by atoms with E-state index in [2.05, 4.69) is 19.2 Å². The van der Waals surface area contributed by atoms with Crippen molar-refractivity contribution in [3.63, 3.8) is 0 Å². The summed E-state index contributed by atoms with van der Waals surface area (Å²) < 4.78 is 5.22. The smallest absolute Gasteiger partial charge is 0.338 e. The Morgan fingerprint density at radius 2 is 1.95 bits per heavy atom. The van der Waals surface area contributed by atoms with E-state index in [4.69, 9.17) is 10.5 Å². The fourth-order valence-electron chi connectivity index (χ4n) is 2.13. The SMILES string of the molecule is CCCCCC[C@@H](C)NCCOC(=O)c1ccc(N)cc1. The van der Waals surface area contributed by atoms with Gasteiger partial charge in [-0.05, 0) is 37.6 Å². The number of benzene rings is 1. The van der Waals surface area contributed by atoms with Crippen molar-refractivity contribution in [3.8, 4) is 0 Å². The highest BCUT2D eigenvalue weighted by atomic mass is 16.5. The lowest BCUT2D eigenvalue weighted by Crippen LogP contribution is -2.30. The Morgan fingerprint density at radius 1 is 1.24 bits per heavy atom. The number of hydrogen-bond acceptors (Lipinski definition) is 4. The van der Waals surface area contributed by atoms with Crippen LogP contribution >= 0.6 is 0 Å². The summed E-state index contributed by atoms with van der Waals surface area (Å²) in [6.45, 7) is 5.48. The maximum atomic E-state index is 11.8. The number of nitrogens with two attached hydrogens (primary N) is 1. The van der Waals surface area contributed by atoms with Crippen LogP contribution in [0.5, 0.6) is 0 Å². The molecule has 4 heteroatoms. The van der Waals surface area contributed by atoms with Crippen LogP contribution in [-0.4, -0.2) is 25.2 Å². The number of hydrogen-bond donors (Lipinski definition) is 2. The van der Waals surface area contributed by atoms with Gasteiger partial charge in [0.15, 0.2) is 0 Å². The third-order valence-corrected chi connectivity index (χ3v) is 3.47. The summed E-state index contributed by atoms with van der Waals surface area (Å²) in [7, 11) is 0. The molecule has 3 N–H and O–H groups in total. The predicted octanol–water partition coefficient (Wildman–Crippen LogP) is 3.37. The Bertz CT molecular complexity index is 404. The van der Waals surface area contributed by atoms with Crippen molar-refractivity contribution in [2.24, 2.45) is 0 Å². The molecular formula is C17H28N2O2. The molecule has 0 aliphatic carbocycles. The topological polar surface area (TPSA) is 64.3 Å². The fraction of sp³-hybridized carbons (Fsp3) is 0.588. The zero-order valence-electron chi connectivity index (χ0n) is 13.2.